The summed E-state index contributed by atoms with van der Waals surface area (Å²) in [5.41, 5.74) is 1.79. The molecule has 16 heavy (non-hydrogen) atoms. The third-order valence-electron chi connectivity index (χ3n) is 3.20. The molecule has 4 nitrogen and oxygen atoms in total. The first kappa shape index (κ1) is 9.90. The lowest BCUT2D eigenvalue weighted by atomic mass is 9.82. The SMILES string of the molecule is COc1cc(Cl)nc2[nH]nc(C3CCC3)c12. The topological polar surface area (TPSA) is 50.8 Å². The Balaban J connectivity index is 2.22. The number of hydrogen-bond donors (Lipinski definition) is 1. The van der Waals surface area contributed by atoms with Gasteiger partial charge in [0.05, 0.1) is 18.2 Å². The molecule has 1 aliphatic carbocycles. The van der Waals surface area contributed by atoms with Crippen LogP contribution in [0.4, 0.5) is 0 Å². The zero-order valence-electron chi connectivity index (χ0n) is 8.96. The van der Waals surface area contributed by atoms with Crippen LogP contribution in [-0.2, 0) is 0 Å². The van der Waals surface area contributed by atoms with Crippen LogP contribution in [0, 0.1) is 0 Å². The van der Waals surface area contributed by atoms with E-state index in [1.165, 1.54) is 19.3 Å². The minimum atomic E-state index is 0.424. The van der Waals surface area contributed by atoms with Gasteiger partial charge in [0, 0.05) is 12.0 Å². The Morgan fingerprint density at radius 1 is 1.50 bits per heavy atom. The smallest absolute Gasteiger partial charge is 0.160 e. The van der Waals surface area contributed by atoms with E-state index in [1.807, 2.05) is 0 Å². The van der Waals surface area contributed by atoms with Gasteiger partial charge in [-0.2, -0.15) is 5.10 Å². The number of aromatic amines is 1. The molecule has 0 bridgehead atoms. The molecule has 5 heteroatoms. The third kappa shape index (κ3) is 1.37. The lowest BCUT2D eigenvalue weighted by Gasteiger charge is -2.23. The van der Waals surface area contributed by atoms with Crippen LogP contribution < -0.4 is 4.74 Å². The van der Waals surface area contributed by atoms with Crippen LogP contribution in [-0.4, -0.2) is 22.3 Å². The van der Waals surface area contributed by atoms with Crippen LogP contribution >= 0.6 is 11.6 Å². The summed E-state index contributed by atoms with van der Waals surface area (Å²) in [5.74, 6) is 1.30. The van der Waals surface area contributed by atoms with Gasteiger partial charge in [0.1, 0.15) is 10.9 Å². The second kappa shape index (κ2) is 3.63. The summed E-state index contributed by atoms with van der Waals surface area (Å²) >= 11 is 5.90. The monoisotopic (exact) mass is 237 g/mol. The summed E-state index contributed by atoms with van der Waals surface area (Å²) in [6, 6.07) is 1.74. The molecule has 0 unspecified atom stereocenters. The van der Waals surface area contributed by atoms with Gasteiger partial charge in [-0.3, -0.25) is 5.10 Å². The lowest BCUT2D eigenvalue weighted by molar-refractivity contribution is 0.405. The predicted molar refractivity (Wildman–Crippen MR) is 62.0 cm³/mol. The summed E-state index contributed by atoms with van der Waals surface area (Å²) < 4.78 is 5.34. The predicted octanol–water partition coefficient (Wildman–Crippen LogP) is 2.89. The normalized spacial score (nSPS) is 16.4. The number of nitrogens with one attached hydrogen (secondary N) is 1. The molecule has 1 N–H and O–H groups in total. The van der Waals surface area contributed by atoms with E-state index in [-0.39, 0.29) is 0 Å². The number of rotatable bonds is 2. The first-order valence-corrected chi connectivity index (χ1v) is 5.76. The quantitative estimate of drug-likeness (QED) is 0.817. The van der Waals surface area contributed by atoms with Gasteiger partial charge >= 0.3 is 0 Å². The molecule has 0 spiro atoms. The van der Waals surface area contributed by atoms with Crippen molar-refractivity contribution in [3.8, 4) is 5.75 Å². The first-order valence-electron chi connectivity index (χ1n) is 5.38. The molecular formula is C11H12ClN3O. The van der Waals surface area contributed by atoms with Crippen molar-refractivity contribution in [1.82, 2.24) is 15.2 Å². The fraction of sp³-hybridized carbons (Fsp3) is 0.455. The number of fused-ring (bicyclic) bond motifs is 1. The molecule has 0 amide bonds. The Bertz CT molecular complexity index is 533. The van der Waals surface area contributed by atoms with Gasteiger partial charge in [-0.05, 0) is 12.8 Å². The minimum absolute atomic E-state index is 0.424. The van der Waals surface area contributed by atoms with E-state index in [0.29, 0.717) is 16.7 Å². The van der Waals surface area contributed by atoms with Crippen molar-refractivity contribution in [2.75, 3.05) is 7.11 Å². The molecule has 84 valence electrons. The second-order valence-electron chi connectivity index (χ2n) is 4.11. The maximum Gasteiger partial charge on any atom is 0.160 e. The molecule has 3 rings (SSSR count). The molecule has 1 fully saturated rings. The largest absolute Gasteiger partial charge is 0.496 e. The minimum Gasteiger partial charge on any atom is -0.496 e. The number of H-pyrrole nitrogens is 1. The van der Waals surface area contributed by atoms with Gasteiger partial charge in [0.2, 0.25) is 0 Å². The molecule has 2 heterocycles. The molecule has 0 aromatic carbocycles. The standard InChI is InChI=1S/C11H12ClN3O/c1-16-7-5-8(12)13-11-9(7)10(14-15-11)6-3-2-4-6/h5-6H,2-4H2,1H3,(H,13,14,15). The average Bonchev–Trinajstić information content (AvgIpc) is 2.58. The molecule has 1 saturated carbocycles. The van der Waals surface area contributed by atoms with E-state index in [4.69, 9.17) is 16.3 Å². The van der Waals surface area contributed by atoms with Gasteiger partial charge in [-0.1, -0.05) is 18.0 Å². The van der Waals surface area contributed by atoms with Gasteiger partial charge in [0.15, 0.2) is 5.65 Å². The summed E-state index contributed by atoms with van der Waals surface area (Å²) in [4.78, 5) is 4.21. The van der Waals surface area contributed by atoms with Gasteiger partial charge in [0.25, 0.3) is 0 Å². The van der Waals surface area contributed by atoms with Crippen LogP contribution in [0.3, 0.4) is 0 Å². The molecule has 2 aromatic rings. The molecule has 1 aliphatic rings. The number of pyridine rings is 1. The molecule has 0 atom stereocenters. The van der Waals surface area contributed by atoms with Crippen LogP contribution in [0.5, 0.6) is 5.75 Å². The first-order chi connectivity index (χ1) is 7.79. The number of hydrogen-bond acceptors (Lipinski definition) is 3. The van der Waals surface area contributed by atoms with Crippen molar-refractivity contribution < 1.29 is 4.74 Å². The molecular weight excluding hydrogens is 226 g/mol. The van der Waals surface area contributed by atoms with Crippen molar-refractivity contribution >= 4 is 22.6 Å². The van der Waals surface area contributed by atoms with Gasteiger partial charge < -0.3 is 4.74 Å². The fourth-order valence-electron chi connectivity index (χ4n) is 2.13. The number of halogens is 1. The van der Waals surface area contributed by atoms with E-state index in [2.05, 4.69) is 15.2 Å². The van der Waals surface area contributed by atoms with Gasteiger partial charge in [-0.15, -0.1) is 0 Å². The van der Waals surface area contributed by atoms with Crippen molar-refractivity contribution in [2.45, 2.75) is 25.2 Å². The van der Waals surface area contributed by atoms with E-state index >= 15 is 0 Å². The highest BCUT2D eigenvalue weighted by Crippen LogP contribution is 2.41. The Hall–Kier alpha value is -1.29. The Morgan fingerprint density at radius 2 is 2.31 bits per heavy atom. The molecule has 2 aromatic heterocycles. The molecule has 0 aliphatic heterocycles. The van der Waals surface area contributed by atoms with Crippen LogP contribution in [0.25, 0.3) is 11.0 Å². The van der Waals surface area contributed by atoms with Crippen molar-refractivity contribution in [3.05, 3.63) is 16.9 Å². The van der Waals surface area contributed by atoms with Crippen LogP contribution in [0.2, 0.25) is 5.15 Å². The maximum absolute atomic E-state index is 5.90. The van der Waals surface area contributed by atoms with E-state index in [9.17, 15) is 0 Å². The Labute approximate surface area is 98.0 Å². The number of methoxy groups -OCH3 is 1. The average molecular weight is 238 g/mol. The summed E-state index contributed by atoms with van der Waals surface area (Å²) in [5, 5.41) is 8.68. The van der Waals surface area contributed by atoms with E-state index in [0.717, 1.165) is 16.8 Å². The maximum atomic E-state index is 5.90. The second-order valence-corrected chi connectivity index (χ2v) is 4.49. The highest BCUT2D eigenvalue weighted by Gasteiger charge is 2.26. The number of nitrogens with zero attached hydrogens (tertiary/aromatic N) is 2. The lowest BCUT2D eigenvalue weighted by Crippen LogP contribution is -2.09. The zero-order chi connectivity index (χ0) is 11.1. The van der Waals surface area contributed by atoms with Crippen LogP contribution in [0.15, 0.2) is 6.07 Å². The highest BCUT2D eigenvalue weighted by atomic mass is 35.5. The van der Waals surface area contributed by atoms with Crippen molar-refractivity contribution in [3.63, 3.8) is 0 Å². The van der Waals surface area contributed by atoms with Crippen molar-refractivity contribution in [2.24, 2.45) is 0 Å². The fourth-order valence-corrected chi connectivity index (χ4v) is 2.31. The molecule has 0 radical (unpaired) electrons. The summed E-state index contributed by atoms with van der Waals surface area (Å²) in [7, 11) is 1.64. The Morgan fingerprint density at radius 3 is 2.94 bits per heavy atom. The number of ether oxygens (including phenoxy) is 1. The third-order valence-corrected chi connectivity index (χ3v) is 3.40. The highest BCUT2D eigenvalue weighted by molar-refractivity contribution is 6.30. The van der Waals surface area contributed by atoms with Crippen LogP contribution in [0.1, 0.15) is 30.9 Å². The Kier molecular flexibility index (Phi) is 2.24. The summed E-state index contributed by atoms with van der Waals surface area (Å²) in [6.45, 7) is 0. The van der Waals surface area contributed by atoms with Gasteiger partial charge in [-0.25, -0.2) is 4.98 Å². The molecule has 0 saturated heterocycles. The van der Waals surface area contributed by atoms with Crippen molar-refractivity contribution in [1.29, 1.82) is 0 Å². The van der Waals surface area contributed by atoms with E-state index in [1.54, 1.807) is 13.2 Å². The zero-order valence-corrected chi connectivity index (χ0v) is 9.71. The number of aromatic nitrogens is 3. The van der Waals surface area contributed by atoms with E-state index < -0.39 is 0 Å². The summed E-state index contributed by atoms with van der Waals surface area (Å²) in [6.07, 6.45) is 3.68.